The molecule has 1 aliphatic carbocycles. The topological polar surface area (TPSA) is 58.6 Å². The SMILES string of the molecule is CCOCC(=O)N[C@H]1CCCC[C@@H]1O. The van der Waals surface area contributed by atoms with Gasteiger partial charge in [-0.1, -0.05) is 12.8 Å². The van der Waals surface area contributed by atoms with Gasteiger partial charge in [-0.15, -0.1) is 0 Å². The number of carbonyl (C=O) groups excluding carboxylic acids is 1. The van der Waals surface area contributed by atoms with E-state index in [4.69, 9.17) is 4.74 Å². The Kier molecular flexibility index (Phi) is 4.90. The Hall–Kier alpha value is -0.610. The minimum atomic E-state index is -0.380. The van der Waals surface area contributed by atoms with E-state index in [1.807, 2.05) is 6.92 Å². The molecule has 0 bridgehead atoms. The number of aliphatic hydroxyl groups excluding tert-OH is 1. The number of ether oxygens (including phenoxy) is 1. The summed E-state index contributed by atoms with van der Waals surface area (Å²) < 4.78 is 4.98. The quantitative estimate of drug-likeness (QED) is 0.694. The van der Waals surface area contributed by atoms with Crippen LogP contribution in [0.1, 0.15) is 32.6 Å². The summed E-state index contributed by atoms with van der Waals surface area (Å²) in [6.07, 6.45) is 3.42. The first-order chi connectivity index (χ1) is 6.74. The minimum absolute atomic E-state index is 0.0725. The molecule has 0 unspecified atom stereocenters. The highest BCUT2D eigenvalue weighted by atomic mass is 16.5. The van der Waals surface area contributed by atoms with Gasteiger partial charge >= 0.3 is 0 Å². The standard InChI is InChI=1S/C10H19NO3/c1-2-14-7-10(13)11-8-5-3-4-6-9(8)12/h8-9,12H,2-7H2,1H3,(H,11,13)/t8-,9-/m0/s1. The molecule has 1 aliphatic rings. The van der Waals surface area contributed by atoms with Crippen LogP contribution >= 0.6 is 0 Å². The van der Waals surface area contributed by atoms with Gasteiger partial charge in [-0.25, -0.2) is 0 Å². The van der Waals surface area contributed by atoms with Crippen LogP contribution in [0.3, 0.4) is 0 Å². The maximum Gasteiger partial charge on any atom is 0.246 e. The number of hydrogen-bond donors (Lipinski definition) is 2. The van der Waals surface area contributed by atoms with Crippen LogP contribution in [0.5, 0.6) is 0 Å². The molecule has 0 aliphatic heterocycles. The maximum atomic E-state index is 11.3. The van der Waals surface area contributed by atoms with E-state index in [2.05, 4.69) is 5.32 Å². The zero-order valence-corrected chi connectivity index (χ0v) is 8.66. The van der Waals surface area contributed by atoms with E-state index >= 15 is 0 Å². The van der Waals surface area contributed by atoms with Gasteiger partial charge in [-0.2, -0.15) is 0 Å². The van der Waals surface area contributed by atoms with E-state index in [0.29, 0.717) is 6.61 Å². The minimum Gasteiger partial charge on any atom is -0.391 e. The molecule has 0 aromatic carbocycles. The first-order valence-electron chi connectivity index (χ1n) is 5.29. The third kappa shape index (κ3) is 3.64. The van der Waals surface area contributed by atoms with E-state index in [1.54, 1.807) is 0 Å². The molecule has 82 valence electrons. The van der Waals surface area contributed by atoms with Gasteiger partial charge in [0.25, 0.3) is 0 Å². The van der Waals surface area contributed by atoms with Gasteiger partial charge in [-0.3, -0.25) is 4.79 Å². The van der Waals surface area contributed by atoms with E-state index < -0.39 is 0 Å². The van der Waals surface area contributed by atoms with Crippen LogP contribution in [0.4, 0.5) is 0 Å². The van der Waals surface area contributed by atoms with Gasteiger partial charge in [0.2, 0.25) is 5.91 Å². The van der Waals surface area contributed by atoms with Crippen molar-refractivity contribution in [3.05, 3.63) is 0 Å². The summed E-state index contributed by atoms with van der Waals surface area (Å²) in [6.45, 7) is 2.49. The van der Waals surface area contributed by atoms with E-state index in [9.17, 15) is 9.90 Å². The number of hydrogen-bond acceptors (Lipinski definition) is 3. The Balaban J connectivity index is 2.23. The Morgan fingerprint density at radius 1 is 1.50 bits per heavy atom. The van der Waals surface area contributed by atoms with Crippen molar-refractivity contribution in [1.82, 2.24) is 5.32 Å². The molecule has 2 N–H and O–H groups in total. The maximum absolute atomic E-state index is 11.3. The monoisotopic (exact) mass is 201 g/mol. The van der Waals surface area contributed by atoms with Crippen molar-refractivity contribution in [3.8, 4) is 0 Å². The van der Waals surface area contributed by atoms with Crippen LogP contribution in [-0.2, 0) is 9.53 Å². The predicted octanol–water partition coefficient (Wildman–Crippen LogP) is 0.443. The van der Waals surface area contributed by atoms with Crippen molar-refractivity contribution < 1.29 is 14.6 Å². The summed E-state index contributed by atoms with van der Waals surface area (Å²) >= 11 is 0. The number of aliphatic hydroxyl groups is 1. The molecule has 1 fully saturated rings. The van der Waals surface area contributed by atoms with Crippen LogP contribution < -0.4 is 5.32 Å². The lowest BCUT2D eigenvalue weighted by molar-refractivity contribution is -0.127. The van der Waals surface area contributed by atoms with Crippen LogP contribution in [0, 0.1) is 0 Å². The summed E-state index contributed by atoms with van der Waals surface area (Å²) in [5.41, 5.74) is 0. The largest absolute Gasteiger partial charge is 0.391 e. The van der Waals surface area contributed by atoms with E-state index in [1.165, 1.54) is 0 Å². The molecule has 1 saturated carbocycles. The molecule has 1 amide bonds. The molecule has 0 saturated heterocycles. The summed E-state index contributed by atoms with van der Waals surface area (Å²) in [5.74, 6) is -0.127. The second-order valence-electron chi connectivity index (χ2n) is 3.66. The summed E-state index contributed by atoms with van der Waals surface area (Å²) in [7, 11) is 0. The van der Waals surface area contributed by atoms with Crippen molar-refractivity contribution >= 4 is 5.91 Å². The molecule has 0 radical (unpaired) electrons. The lowest BCUT2D eigenvalue weighted by Gasteiger charge is -2.28. The second-order valence-corrected chi connectivity index (χ2v) is 3.66. The zero-order valence-electron chi connectivity index (χ0n) is 8.66. The van der Waals surface area contributed by atoms with Crippen molar-refractivity contribution in [2.75, 3.05) is 13.2 Å². The Bertz CT molecular complexity index is 184. The molecule has 0 aromatic heterocycles. The Morgan fingerprint density at radius 2 is 2.21 bits per heavy atom. The van der Waals surface area contributed by atoms with Gasteiger partial charge in [0.05, 0.1) is 12.1 Å². The van der Waals surface area contributed by atoms with Gasteiger partial charge in [-0.05, 0) is 19.8 Å². The Labute approximate surface area is 84.6 Å². The van der Waals surface area contributed by atoms with Crippen LogP contribution in [0.15, 0.2) is 0 Å². The number of amides is 1. The predicted molar refractivity (Wildman–Crippen MR) is 52.9 cm³/mol. The molecule has 0 heterocycles. The average Bonchev–Trinajstić information content (AvgIpc) is 2.18. The van der Waals surface area contributed by atoms with Crippen molar-refractivity contribution in [3.63, 3.8) is 0 Å². The Morgan fingerprint density at radius 3 is 2.86 bits per heavy atom. The molecular formula is C10H19NO3. The first kappa shape index (κ1) is 11.5. The molecule has 0 aromatic rings. The zero-order chi connectivity index (χ0) is 10.4. The smallest absolute Gasteiger partial charge is 0.246 e. The van der Waals surface area contributed by atoms with Crippen molar-refractivity contribution in [2.24, 2.45) is 0 Å². The molecule has 4 heteroatoms. The highest BCUT2D eigenvalue weighted by Crippen LogP contribution is 2.18. The lowest BCUT2D eigenvalue weighted by Crippen LogP contribution is -2.46. The fraction of sp³-hybridized carbons (Fsp3) is 0.900. The number of nitrogens with one attached hydrogen (secondary N) is 1. The van der Waals surface area contributed by atoms with Crippen LogP contribution in [-0.4, -0.2) is 36.4 Å². The van der Waals surface area contributed by atoms with Crippen LogP contribution in [0.25, 0.3) is 0 Å². The average molecular weight is 201 g/mol. The number of rotatable bonds is 4. The lowest BCUT2D eigenvalue weighted by atomic mass is 9.92. The molecule has 0 spiro atoms. The van der Waals surface area contributed by atoms with Crippen molar-refractivity contribution in [2.45, 2.75) is 44.8 Å². The summed E-state index contributed by atoms with van der Waals surface area (Å²) in [5, 5.41) is 12.4. The first-order valence-corrected chi connectivity index (χ1v) is 5.29. The van der Waals surface area contributed by atoms with E-state index in [-0.39, 0.29) is 24.7 Å². The highest BCUT2D eigenvalue weighted by Gasteiger charge is 2.24. The van der Waals surface area contributed by atoms with Crippen LogP contribution in [0.2, 0.25) is 0 Å². The third-order valence-electron chi connectivity index (χ3n) is 2.51. The molecule has 2 atom stereocenters. The molecule has 14 heavy (non-hydrogen) atoms. The van der Waals surface area contributed by atoms with Gasteiger partial charge in [0.15, 0.2) is 0 Å². The van der Waals surface area contributed by atoms with Gasteiger partial charge in [0.1, 0.15) is 6.61 Å². The summed E-state index contributed by atoms with van der Waals surface area (Å²) in [6, 6.07) is -0.0725. The highest BCUT2D eigenvalue weighted by molar-refractivity contribution is 5.77. The van der Waals surface area contributed by atoms with Gasteiger partial charge < -0.3 is 15.2 Å². The normalized spacial score (nSPS) is 27.3. The molecule has 1 rings (SSSR count). The fourth-order valence-corrected chi connectivity index (χ4v) is 1.72. The fourth-order valence-electron chi connectivity index (χ4n) is 1.72. The second kappa shape index (κ2) is 5.98. The van der Waals surface area contributed by atoms with Crippen molar-refractivity contribution in [1.29, 1.82) is 0 Å². The van der Waals surface area contributed by atoms with E-state index in [0.717, 1.165) is 25.7 Å². The molecule has 4 nitrogen and oxygen atoms in total. The summed E-state index contributed by atoms with van der Waals surface area (Å²) in [4.78, 5) is 11.3. The van der Waals surface area contributed by atoms with Gasteiger partial charge in [0, 0.05) is 6.61 Å². The molecular weight excluding hydrogens is 182 g/mol. The number of carbonyl (C=O) groups is 1. The third-order valence-corrected chi connectivity index (χ3v) is 2.51.